The molecule has 0 aliphatic rings. The summed E-state index contributed by atoms with van der Waals surface area (Å²) in [4.78, 5) is 17.9. The van der Waals surface area contributed by atoms with Crippen molar-refractivity contribution in [1.29, 1.82) is 0 Å². The number of carbonyl (C=O) groups is 1. The fourth-order valence-electron chi connectivity index (χ4n) is 4.68. The zero-order valence-corrected chi connectivity index (χ0v) is 27.3. The molecule has 0 aliphatic carbocycles. The average molecular weight is 589 g/mol. The molecular formula is C33H44N4O4Si. The van der Waals surface area contributed by atoms with Crippen LogP contribution in [-0.4, -0.2) is 40.3 Å². The predicted molar refractivity (Wildman–Crippen MR) is 171 cm³/mol. The van der Waals surface area contributed by atoms with Crippen LogP contribution in [0.3, 0.4) is 0 Å². The largest absolute Gasteiger partial charge is 0.508 e. The van der Waals surface area contributed by atoms with Crippen molar-refractivity contribution in [1.82, 2.24) is 20.5 Å². The van der Waals surface area contributed by atoms with Gasteiger partial charge < -0.3 is 19.6 Å². The van der Waals surface area contributed by atoms with Crippen LogP contribution in [0.25, 0.3) is 33.2 Å². The molecule has 4 aromatic rings. The van der Waals surface area contributed by atoms with Gasteiger partial charge in [-0.3, -0.25) is 10.1 Å². The Morgan fingerprint density at radius 2 is 1.62 bits per heavy atom. The first-order valence-corrected chi connectivity index (χ1v) is 17.4. The summed E-state index contributed by atoms with van der Waals surface area (Å²) in [6, 6.07) is 13.4. The highest BCUT2D eigenvalue weighted by Crippen LogP contribution is 2.41. The van der Waals surface area contributed by atoms with Crippen molar-refractivity contribution in [3.05, 3.63) is 65.6 Å². The lowest BCUT2D eigenvalue weighted by Crippen LogP contribution is -2.40. The van der Waals surface area contributed by atoms with E-state index in [1.165, 1.54) is 0 Å². The molecule has 0 bridgehead atoms. The number of pyridine rings is 1. The fraction of sp³-hybridized carbons (Fsp3) is 0.424. The Morgan fingerprint density at radius 3 is 2.24 bits per heavy atom. The summed E-state index contributed by atoms with van der Waals surface area (Å²) in [6.07, 6.45) is 2.03. The van der Waals surface area contributed by atoms with Crippen LogP contribution in [0.5, 0.6) is 5.75 Å². The quantitative estimate of drug-likeness (QED) is 0.179. The number of ether oxygens (including phenoxy) is 1. The zero-order valence-electron chi connectivity index (χ0n) is 26.3. The van der Waals surface area contributed by atoms with Crippen LogP contribution < -0.4 is 5.32 Å². The minimum atomic E-state index is -2.11. The molecule has 9 heteroatoms. The van der Waals surface area contributed by atoms with Crippen molar-refractivity contribution in [2.45, 2.75) is 91.8 Å². The van der Waals surface area contributed by atoms with Crippen LogP contribution in [0.1, 0.15) is 65.4 Å². The van der Waals surface area contributed by atoms with E-state index in [4.69, 9.17) is 14.1 Å². The van der Waals surface area contributed by atoms with Gasteiger partial charge in [0.15, 0.2) is 8.32 Å². The lowest BCUT2D eigenvalue weighted by molar-refractivity contribution is 0.0523. The van der Waals surface area contributed by atoms with Crippen LogP contribution >= 0.6 is 0 Å². The van der Waals surface area contributed by atoms with Gasteiger partial charge in [-0.25, -0.2) is 4.79 Å². The molecule has 0 saturated carbocycles. The number of rotatable bonds is 8. The van der Waals surface area contributed by atoms with Crippen LogP contribution in [0.15, 0.2) is 48.7 Å². The summed E-state index contributed by atoms with van der Waals surface area (Å²) < 4.78 is 12.3. The number of amides is 1. The number of hydrogen-bond donors (Lipinski definition) is 3. The van der Waals surface area contributed by atoms with Crippen molar-refractivity contribution in [3.8, 4) is 28.0 Å². The molecule has 2 aromatic carbocycles. The average Bonchev–Trinajstić information content (AvgIpc) is 3.37. The number of H-pyrrole nitrogens is 1. The highest BCUT2D eigenvalue weighted by molar-refractivity contribution is 6.74. The third kappa shape index (κ3) is 7.02. The van der Waals surface area contributed by atoms with E-state index in [0.29, 0.717) is 18.7 Å². The van der Waals surface area contributed by atoms with Crippen LogP contribution in [-0.2, 0) is 28.7 Å². The van der Waals surface area contributed by atoms with Crippen molar-refractivity contribution < 1.29 is 19.1 Å². The Hall–Kier alpha value is -3.69. The van der Waals surface area contributed by atoms with Crippen molar-refractivity contribution in [2.75, 3.05) is 0 Å². The van der Waals surface area contributed by atoms with Crippen LogP contribution in [0.2, 0.25) is 18.1 Å². The summed E-state index contributed by atoms with van der Waals surface area (Å²) in [7, 11) is -2.11. The second-order valence-corrected chi connectivity index (χ2v) is 18.0. The molecule has 42 heavy (non-hydrogen) atoms. The molecule has 0 radical (unpaired) electrons. The molecule has 3 N–H and O–H groups in total. The van der Waals surface area contributed by atoms with Crippen molar-refractivity contribution in [3.63, 3.8) is 0 Å². The number of phenols is 1. The maximum Gasteiger partial charge on any atom is 0.407 e. The summed E-state index contributed by atoms with van der Waals surface area (Å²) in [5, 5.41) is 21.2. The normalized spacial score (nSPS) is 12.5. The van der Waals surface area contributed by atoms with Gasteiger partial charge in [-0.1, -0.05) is 45.9 Å². The van der Waals surface area contributed by atoms with Gasteiger partial charge >= 0.3 is 6.09 Å². The molecule has 2 aromatic heterocycles. The lowest BCUT2D eigenvalue weighted by Gasteiger charge is -2.36. The first kappa shape index (κ1) is 31.2. The number of carbonyl (C=O) groups excluding carboxylic acids is 1. The van der Waals surface area contributed by atoms with E-state index < -0.39 is 20.0 Å². The van der Waals surface area contributed by atoms with Gasteiger partial charge in [0, 0.05) is 16.5 Å². The second kappa shape index (κ2) is 11.9. The summed E-state index contributed by atoms with van der Waals surface area (Å²) in [5.74, 6) is 0.184. The minimum absolute atomic E-state index is 0.0313. The topological polar surface area (TPSA) is 109 Å². The van der Waals surface area contributed by atoms with Gasteiger partial charge in [0.1, 0.15) is 11.4 Å². The van der Waals surface area contributed by atoms with Gasteiger partial charge in [-0.15, -0.1) is 0 Å². The summed E-state index contributed by atoms with van der Waals surface area (Å²) in [6.45, 7) is 19.3. The number of nitrogens with zero attached hydrogens (tertiary/aromatic N) is 2. The number of hydrogen-bond acceptors (Lipinski definition) is 6. The number of benzene rings is 2. The van der Waals surface area contributed by atoms with Gasteiger partial charge in [-0.2, -0.15) is 5.10 Å². The van der Waals surface area contributed by atoms with Crippen molar-refractivity contribution in [2.24, 2.45) is 0 Å². The van der Waals surface area contributed by atoms with Crippen molar-refractivity contribution >= 4 is 25.3 Å². The standard InChI is InChI=1S/C33H44N4O4Si/c1-10-25-29(21-11-14-24(38)15-12-21)27(19-34-31(39)41-32(2,3)4)36-28(20-40-42(8,9)33(5,6)7)30(25)22-13-16-26-23(17-22)18-35-37-26/h11-18,38H,10,19-20H2,1-9H3,(H,34,39)(H,35,37). The number of phenolic OH excluding ortho intramolecular Hbond substituents is 1. The number of aromatic hydroxyl groups is 1. The first-order valence-electron chi connectivity index (χ1n) is 14.5. The third-order valence-electron chi connectivity index (χ3n) is 7.86. The Kier molecular flexibility index (Phi) is 8.85. The highest BCUT2D eigenvalue weighted by atomic mass is 28.4. The Balaban J connectivity index is 1.94. The molecule has 0 aliphatic heterocycles. The Bertz CT molecular complexity index is 1560. The number of aromatic amines is 1. The minimum Gasteiger partial charge on any atom is -0.508 e. The number of aromatic nitrogens is 3. The van der Waals surface area contributed by atoms with E-state index in [0.717, 1.165) is 44.4 Å². The zero-order chi connectivity index (χ0) is 30.9. The predicted octanol–water partition coefficient (Wildman–Crippen LogP) is 8.11. The van der Waals surface area contributed by atoms with Crippen LogP contribution in [0.4, 0.5) is 4.79 Å². The maximum atomic E-state index is 12.7. The maximum absolute atomic E-state index is 12.7. The molecule has 224 valence electrons. The fourth-order valence-corrected chi connectivity index (χ4v) is 5.61. The molecule has 0 atom stereocenters. The van der Waals surface area contributed by atoms with Gasteiger partial charge in [0.2, 0.25) is 0 Å². The van der Waals surface area contributed by atoms with Gasteiger partial charge in [0.25, 0.3) is 0 Å². The van der Waals surface area contributed by atoms with E-state index in [9.17, 15) is 9.90 Å². The summed E-state index contributed by atoms with van der Waals surface area (Å²) in [5.41, 5.74) is 6.83. The summed E-state index contributed by atoms with van der Waals surface area (Å²) >= 11 is 0. The molecule has 0 spiro atoms. The molecule has 8 nitrogen and oxygen atoms in total. The second-order valence-electron chi connectivity index (χ2n) is 13.2. The Morgan fingerprint density at radius 1 is 0.976 bits per heavy atom. The molecule has 0 unspecified atom stereocenters. The number of nitrogens with one attached hydrogen (secondary N) is 2. The third-order valence-corrected chi connectivity index (χ3v) is 12.3. The van der Waals surface area contributed by atoms with Crippen LogP contribution in [0, 0.1) is 0 Å². The first-order chi connectivity index (χ1) is 19.6. The van der Waals surface area contributed by atoms with E-state index >= 15 is 0 Å². The molecule has 4 rings (SSSR count). The molecular weight excluding hydrogens is 544 g/mol. The van der Waals surface area contributed by atoms with E-state index in [1.807, 2.05) is 45.2 Å². The van der Waals surface area contributed by atoms with E-state index in [2.05, 4.69) is 68.4 Å². The molecule has 0 saturated heterocycles. The molecule has 0 fully saturated rings. The number of alkyl carbamates (subject to hydrolysis) is 1. The van der Waals surface area contributed by atoms with E-state index in [-0.39, 0.29) is 17.3 Å². The SMILES string of the molecule is CCc1c(-c2ccc(O)cc2)c(CNC(=O)OC(C)(C)C)nc(CO[Si](C)(C)C(C)(C)C)c1-c1ccc2[nH]ncc2c1. The van der Waals surface area contributed by atoms with Gasteiger partial charge in [0.05, 0.1) is 36.3 Å². The van der Waals surface area contributed by atoms with Gasteiger partial charge in [-0.05, 0) is 86.3 Å². The molecule has 2 heterocycles. The molecule has 1 amide bonds. The lowest BCUT2D eigenvalue weighted by atomic mass is 9.88. The Labute approximate surface area is 250 Å². The van der Waals surface area contributed by atoms with E-state index in [1.54, 1.807) is 12.1 Å². The monoisotopic (exact) mass is 588 g/mol. The number of fused-ring (bicyclic) bond motifs is 1. The highest BCUT2D eigenvalue weighted by Gasteiger charge is 2.37. The smallest absolute Gasteiger partial charge is 0.407 e.